The topological polar surface area (TPSA) is 95.7 Å². The van der Waals surface area contributed by atoms with Crippen LogP contribution in [0, 0.1) is 0 Å². The first-order valence-electron chi connectivity index (χ1n) is 6.16. The molecule has 1 atom stereocenters. The smallest absolute Gasteiger partial charge is 0.312 e. The van der Waals surface area contributed by atoms with Crippen LogP contribution in [0.4, 0.5) is 4.79 Å². The number of hydrogen-bond donors (Lipinski definition) is 3. The number of aliphatic hydroxyl groups excluding tert-OH is 1. The molecule has 19 heavy (non-hydrogen) atoms. The number of β-amino-alcohol motifs (C(OH)–C–C–N with tert-alkyl or cyclic N) is 1. The fourth-order valence-corrected chi connectivity index (χ4v) is 2.06. The summed E-state index contributed by atoms with van der Waals surface area (Å²) in [7, 11) is 0. The van der Waals surface area contributed by atoms with E-state index < -0.39 is 12.1 Å². The van der Waals surface area contributed by atoms with Gasteiger partial charge in [0.05, 0.1) is 6.10 Å². The van der Waals surface area contributed by atoms with Crippen molar-refractivity contribution in [2.75, 3.05) is 13.1 Å². The minimum atomic E-state index is -0.578. The van der Waals surface area contributed by atoms with E-state index in [4.69, 9.17) is 5.73 Å². The molecule has 4 N–H and O–H groups in total. The van der Waals surface area contributed by atoms with E-state index in [0.717, 1.165) is 5.56 Å². The Labute approximate surface area is 111 Å². The van der Waals surface area contributed by atoms with Crippen LogP contribution in [0.15, 0.2) is 24.3 Å². The summed E-state index contributed by atoms with van der Waals surface area (Å²) < 4.78 is 0. The molecule has 1 saturated heterocycles. The minimum absolute atomic E-state index is 0.0778. The number of carbonyl (C=O) groups is 2. The van der Waals surface area contributed by atoms with Crippen LogP contribution in [-0.4, -0.2) is 41.1 Å². The summed E-state index contributed by atoms with van der Waals surface area (Å²) in [5.41, 5.74) is 6.43. The molecule has 1 aliphatic rings. The van der Waals surface area contributed by atoms with Gasteiger partial charge in [0.1, 0.15) is 0 Å². The molecule has 2 rings (SSSR count). The summed E-state index contributed by atoms with van der Waals surface area (Å²) in [6.45, 7) is 1.32. The van der Waals surface area contributed by atoms with E-state index in [0.29, 0.717) is 31.6 Å². The zero-order chi connectivity index (χ0) is 13.8. The molecule has 0 spiro atoms. The van der Waals surface area contributed by atoms with Crippen LogP contribution < -0.4 is 11.1 Å². The molecule has 0 aliphatic carbocycles. The number of urea groups is 1. The summed E-state index contributed by atoms with van der Waals surface area (Å²) in [5, 5.41) is 11.9. The summed E-state index contributed by atoms with van der Waals surface area (Å²) in [6, 6.07) is 6.40. The Morgan fingerprint density at radius 2 is 2.05 bits per heavy atom. The second-order valence-corrected chi connectivity index (χ2v) is 4.61. The van der Waals surface area contributed by atoms with E-state index in [-0.39, 0.29) is 5.91 Å². The molecule has 1 fully saturated rings. The molecule has 0 aromatic heterocycles. The lowest BCUT2D eigenvalue weighted by Gasteiger charge is -2.15. The van der Waals surface area contributed by atoms with Gasteiger partial charge >= 0.3 is 6.03 Å². The van der Waals surface area contributed by atoms with Gasteiger partial charge in [0.25, 0.3) is 5.91 Å². The first-order chi connectivity index (χ1) is 9.06. The Morgan fingerprint density at radius 1 is 1.37 bits per heavy atom. The SMILES string of the molecule is NC(=O)NCc1ccc(C(=O)N2CC[C@@H](O)C2)cc1. The van der Waals surface area contributed by atoms with Crippen molar-refractivity contribution < 1.29 is 14.7 Å². The van der Waals surface area contributed by atoms with Gasteiger partial charge in [-0.05, 0) is 24.1 Å². The lowest BCUT2D eigenvalue weighted by atomic mass is 10.1. The van der Waals surface area contributed by atoms with Crippen LogP contribution in [0.1, 0.15) is 22.3 Å². The zero-order valence-corrected chi connectivity index (χ0v) is 10.5. The number of amides is 3. The Kier molecular flexibility index (Phi) is 4.01. The van der Waals surface area contributed by atoms with Crippen molar-refractivity contribution in [1.29, 1.82) is 0 Å². The van der Waals surface area contributed by atoms with E-state index in [1.807, 2.05) is 0 Å². The fourth-order valence-electron chi connectivity index (χ4n) is 2.06. The molecule has 1 aromatic carbocycles. The van der Waals surface area contributed by atoms with Crippen molar-refractivity contribution in [2.45, 2.75) is 19.1 Å². The third kappa shape index (κ3) is 3.45. The summed E-state index contributed by atoms with van der Waals surface area (Å²) in [4.78, 5) is 24.3. The Morgan fingerprint density at radius 3 is 2.58 bits per heavy atom. The normalized spacial score (nSPS) is 18.4. The molecule has 1 heterocycles. The highest BCUT2D eigenvalue weighted by Crippen LogP contribution is 2.14. The summed E-state index contributed by atoms with van der Waals surface area (Å²) in [5.74, 6) is -0.0778. The van der Waals surface area contributed by atoms with E-state index >= 15 is 0 Å². The lowest BCUT2D eigenvalue weighted by Crippen LogP contribution is -2.30. The number of primary amides is 1. The van der Waals surface area contributed by atoms with Gasteiger partial charge in [-0.1, -0.05) is 12.1 Å². The van der Waals surface area contributed by atoms with E-state index in [1.54, 1.807) is 29.2 Å². The molecular weight excluding hydrogens is 246 g/mol. The lowest BCUT2D eigenvalue weighted by molar-refractivity contribution is 0.0765. The van der Waals surface area contributed by atoms with Crippen LogP contribution in [0.3, 0.4) is 0 Å². The number of likely N-dealkylation sites (tertiary alicyclic amines) is 1. The fraction of sp³-hybridized carbons (Fsp3) is 0.385. The van der Waals surface area contributed by atoms with Gasteiger partial charge in [0, 0.05) is 25.2 Å². The zero-order valence-electron chi connectivity index (χ0n) is 10.5. The van der Waals surface area contributed by atoms with Crippen LogP contribution in [-0.2, 0) is 6.54 Å². The molecule has 0 saturated carbocycles. The first-order valence-corrected chi connectivity index (χ1v) is 6.16. The van der Waals surface area contributed by atoms with Gasteiger partial charge in [-0.2, -0.15) is 0 Å². The Hall–Kier alpha value is -2.08. The van der Waals surface area contributed by atoms with Crippen LogP contribution >= 0.6 is 0 Å². The van der Waals surface area contributed by atoms with Crippen molar-refractivity contribution >= 4 is 11.9 Å². The first kappa shape index (κ1) is 13.4. The van der Waals surface area contributed by atoms with Crippen molar-refractivity contribution in [3.05, 3.63) is 35.4 Å². The predicted octanol–water partition coefficient (Wildman–Crippen LogP) is 0.0617. The van der Waals surface area contributed by atoms with Crippen molar-refractivity contribution in [1.82, 2.24) is 10.2 Å². The van der Waals surface area contributed by atoms with Gasteiger partial charge < -0.3 is 21.1 Å². The highest BCUT2D eigenvalue weighted by atomic mass is 16.3. The Balaban J connectivity index is 1.97. The number of hydrogen-bond acceptors (Lipinski definition) is 3. The van der Waals surface area contributed by atoms with Crippen LogP contribution in [0.25, 0.3) is 0 Å². The molecule has 6 nitrogen and oxygen atoms in total. The minimum Gasteiger partial charge on any atom is -0.391 e. The molecular formula is C13H17N3O3. The number of carbonyl (C=O) groups excluding carboxylic acids is 2. The Bertz CT molecular complexity index is 473. The molecule has 3 amide bonds. The number of aliphatic hydroxyl groups is 1. The predicted molar refractivity (Wildman–Crippen MR) is 69.4 cm³/mol. The molecule has 102 valence electrons. The summed E-state index contributed by atoms with van der Waals surface area (Å²) >= 11 is 0. The van der Waals surface area contributed by atoms with Crippen molar-refractivity contribution in [3.8, 4) is 0 Å². The van der Waals surface area contributed by atoms with Gasteiger partial charge in [-0.3, -0.25) is 4.79 Å². The number of nitrogens with two attached hydrogens (primary N) is 1. The van der Waals surface area contributed by atoms with E-state index in [1.165, 1.54) is 0 Å². The third-order valence-corrected chi connectivity index (χ3v) is 3.12. The van der Waals surface area contributed by atoms with Crippen LogP contribution in [0.2, 0.25) is 0 Å². The molecule has 0 bridgehead atoms. The molecule has 1 aliphatic heterocycles. The highest BCUT2D eigenvalue weighted by Gasteiger charge is 2.25. The average molecular weight is 263 g/mol. The second-order valence-electron chi connectivity index (χ2n) is 4.61. The van der Waals surface area contributed by atoms with Crippen molar-refractivity contribution in [3.63, 3.8) is 0 Å². The van der Waals surface area contributed by atoms with E-state index in [2.05, 4.69) is 5.32 Å². The van der Waals surface area contributed by atoms with Gasteiger partial charge in [-0.25, -0.2) is 4.79 Å². The monoisotopic (exact) mass is 263 g/mol. The quantitative estimate of drug-likeness (QED) is 0.719. The van der Waals surface area contributed by atoms with Gasteiger partial charge in [0.2, 0.25) is 0 Å². The third-order valence-electron chi connectivity index (χ3n) is 3.12. The second kappa shape index (κ2) is 5.71. The summed E-state index contributed by atoms with van der Waals surface area (Å²) in [6.07, 6.45) is 0.217. The number of benzene rings is 1. The van der Waals surface area contributed by atoms with E-state index in [9.17, 15) is 14.7 Å². The molecule has 0 radical (unpaired) electrons. The van der Waals surface area contributed by atoms with Gasteiger partial charge in [-0.15, -0.1) is 0 Å². The van der Waals surface area contributed by atoms with Gasteiger partial charge in [0.15, 0.2) is 0 Å². The average Bonchev–Trinajstić information content (AvgIpc) is 2.83. The molecule has 0 unspecified atom stereocenters. The van der Waals surface area contributed by atoms with Crippen LogP contribution in [0.5, 0.6) is 0 Å². The number of nitrogens with one attached hydrogen (secondary N) is 1. The number of nitrogens with zero attached hydrogens (tertiary/aromatic N) is 1. The largest absolute Gasteiger partial charge is 0.391 e. The molecule has 6 heteroatoms. The highest BCUT2D eigenvalue weighted by molar-refractivity contribution is 5.94. The number of rotatable bonds is 3. The maximum Gasteiger partial charge on any atom is 0.312 e. The maximum absolute atomic E-state index is 12.1. The molecule has 1 aromatic rings. The standard InChI is InChI=1S/C13H17N3O3/c14-13(19)15-7-9-1-3-10(4-2-9)12(18)16-6-5-11(17)8-16/h1-4,11,17H,5-8H2,(H3,14,15,19)/t11-/m1/s1. The van der Waals surface area contributed by atoms with Crippen molar-refractivity contribution in [2.24, 2.45) is 5.73 Å². The maximum atomic E-state index is 12.1.